The van der Waals surface area contributed by atoms with E-state index in [1.807, 2.05) is 0 Å². The number of rotatable bonds is 0. The van der Waals surface area contributed by atoms with Gasteiger partial charge in [-0.3, -0.25) is 0 Å². The van der Waals surface area contributed by atoms with Gasteiger partial charge in [0.05, 0.1) is 0 Å². The molecule has 0 spiro atoms. The monoisotopic (exact) mass is 298 g/mol. The van der Waals surface area contributed by atoms with Crippen molar-refractivity contribution in [2.75, 3.05) is 0 Å². The maximum absolute atomic E-state index is 8.89. The van der Waals surface area contributed by atoms with E-state index >= 15 is 0 Å². The summed E-state index contributed by atoms with van der Waals surface area (Å²) in [6.07, 6.45) is 0. The number of phenolic OH excluding ortho intramolecular Hbond substituents is 4. The molecule has 2 aromatic rings. The summed E-state index contributed by atoms with van der Waals surface area (Å²) in [4.78, 5) is 0. The predicted molar refractivity (Wildman–Crippen MR) is 67.2 cm³/mol. The molecule has 0 atom stereocenters. The molecule has 0 saturated heterocycles. The van der Waals surface area contributed by atoms with Crippen LogP contribution in [0.4, 0.5) is 0 Å². The second-order valence-electron chi connectivity index (χ2n) is 3.13. The Kier molecular flexibility index (Phi) is 4.66. The molecular weight excluding hydrogens is 288 g/mol. The summed E-state index contributed by atoms with van der Waals surface area (Å²) in [6, 6.07) is 10.4. The van der Waals surface area contributed by atoms with Crippen molar-refractivity contribution < 1.29 is 20.4 Å². The van der Waals surface area contributed by atoms with E-state index in [-0.39, 0.29) is 23.0 Å². The third kappa shape index (κ3) is 4.24. The Hall–Kier alpha value is -1.88. The second-order valence-corrected chi connectivity index (χ2v) is 3.92. The molecule has 4 nitrogen and oxygen atoms in total. The number of hydrogen-bond donors (Lipinski definition) is 4. The first-order valence-electron chi connectivity index (χ1n) is 4.65. The minimum absolute atomic E-state index is 0.0509. The molecule has 0 fully saturated rings. The molecule has 17 heavy (non-hydrogen) atoms. The number of hydrogen-bond acceptors (Lipinski definition) is 4. The Morgan fingerprint density at radius 2 is 1.12 bits per heavy atom. The highest BCUT2D eigenvalue weighted by molar-refractivity contribution is 9.10. The van der Waals surface area contributed by atoms with Crippen LogP contribution in [0.1, 0.15) is 0 Å². The van der Waals surface area contributed by atoms with Gasteiger partial charge in [0.25, 0.3) is 0 Å². The van der Waals surface area contributed by atoms with E-state index in [1.54, 1.807) is 12.1 Å². The minimum atomic E-state index is 0.0509. The van der Waals surface area contributed by atoms with Gasteiger partial charge in [-0.2, -0.15) is 0 Å². The molecule has 2 rings (SSSR count). The maximum atomic E-state index is 8.89. The van der Waals surface area contributed by atoms with E-state index in [0.29, 0.717) is 4.47 Å². The normalized spacial score (nSPS) is 9.24. The molecule has 90 valence electrons. The Morgan fingerprint density at radius 1 is 0.706 bits per heavy atom. The quantitative estimate of drug-likeness (QED) is 0.603. The molecule has 0 radical (unpaired) electrons. The lowest BCUT2D eigenvalue weighted by atomic mass is 10.3. The Morgan fingerprint density at radius 3 is 1.41 bits per heavy atom. The molecule has 0 unspecified atom stereocenters. The molecule has 5 heteroatoms. The summed E-state index contributed by atoms with van der Waals surface area (Å²) in [5, 5.41) is 35.1. The van der Waals surface area contributed by atoms with E-state index in [4.69, 9.17) is 20.4 Å². The lowest BCUT2D eigenvalue weighted by molar-refractivity contribution is 0.444. The number of aromatic hydroxyl groups is 4. The van der Waals surface area contributed by atoms with E-state index in [9.17, 15) is 0 Å². The zero-order valence-electron chi connectivity index (χ0n) is 8.71. The van der Waals surface area contributed by atoms with Crippen LogP contribution in [0.15, 0.2) is 46.9 Å². The van der Waals surface area contributed by atoms with Crippen molar-refractivity contribution in [2.24, 2.45) is 0 Å². The summed E-state index contributed by atoms with van der Waals surface area (Å²) >= 11 is 2.98. The van der Waals surface area contributed by atoms with Gasteiger partial charge < -0.3 is 20.4 Å². The highest BCUT2D eigenvalue weighted by Gasteiger charge is 1.99. The summed E-state index contributed by atoms with van der Waals surface area (Å²) < 4.78 is 0.338. The van der Waals surface area contributed by atoms with Gasteiger partial charge in [0.15, 0.2) is 0 Å². The summed E-state index contributed by atoms with van der Waals surface area (Å²) in [7, 11) is 0. The number of halogens is 1. The molecule has 2 aromatic carbocycles. The predicted octanol–water partition coefficient (Wildman–Crippen LogP) is 2.96. The molecular formula is C12H11BrO4. The van der Waals surface area contributed by atoms with Gasteiger partial charge in [-0.1, -0.05) is 12.1 Å². The molecule has 0 saturated carbocycles. The number of phenols is 4. The van der Waals surface area contributed by atoms with Crippen LogP contribution in [-0.4, -0.2) is 20.4 Å². The van der Waals surface area contributed by atoms with Crippen LogP contribution >= 0.6 is 15.9 Å². The van der Waals surface area contributed by atoms with Gasteiger partial charge >= 0.3 is 0 Å². The van der Waals surface area contributed by atoms with Gasteiger partial charge in [0.1, 0.15) is 27.5 Å². The lowest BCUT2D eigenvalue weighted by Crippen LogP contribution is -1.68. The lowest BCUT2D eigenvalue weighted by Gasteiger charge is -1.96. The van der Waals surface area contributed by atoms with Crippen molar-refractivity contribution in [3.8, 4) is 23.0 Å². The van der Waals surface area contributed by atoms with Gasteiger partial charge in [0, 0.05) is 6.07 Å². The van der Waals surface area contributed by atoms with Crippen LogP contribution in [0, 0.1) is 0 Å². The first-order valence-corrected chi connectivity index (χ1v) is 5.44. The van der Waals surface area contributed by atoms with E-state index in [0.717, 1.165) is 0 Å². The topological polar surface area (TPSA) is 80.9 Å². The highest BCUT2D eigenvalue weighted by atomic mass is 79.9. The molecule has 0 aromatic heterocycles. The van der Waals surface area contributed by atoms with Gasteiger partial charge in [-0.05, 0) is 40.2 Å². The van der Waals surface area contributed by atoms with Crippen molar-refractivity contribution in [3.63, 3.8) is 0 Å². The molecule has 0 amide bonds. The fraction of sp³-hybridized carbons (Fsp3) is 0. The molecule has 0 aliphatic rings. The Labute approximate surface area is 107 Å². The molecule has 0 aliphatic heterocycles. The molecule has 0 aliphatic carbocycles. The van der Waals surface area contributed by atoms with Crippen molar-refractivity contribution in [3.05, 3.63) is 46.9 Å². The van der Waals surface area contributed by atoms with Crippen LogP contribution < -0.4 is 0 Å². The number of benzene rings is 2. The Bertz CT molecular complexity index is 462. The highest BCUT2D eigenvalue weighted by Crippen LogP contribution is 2.31. The zero-order valence-corrected chi connectivity index (χ0v) is 10.3. The standard InChI is InChI=1S/C6H5BrO2.C6H6O2/c7-6-4(8)2-1-3-5(6)9;7-5-2-1-3-6(8)4-5/h1-3,8-9H;1-4,7-8H. The average Bonchev–Trinajstić information content (AvgIpc) is 2.26. The SMILES string of the molecule is Oc1cccc(O)c1.Oc1cccc(O)c1Br. The third-order valence-electron chi connectivity index (χ3n) is 1.79. The largest absolute Gasteiger partial charge is 0.508 e. The molecule has 4 N–H and O–H groups in total. The van der Waals surface area contributed by atoms with Crippen LogP contribution in [-0.2, 0) is 0 Å². The van der Waals surface area contributed by atoms with E-state index in [2.05, 4.69) is 15.9 Å². The van der Waals surface area contributed by atoms with Crippen LogP contribution in [0.25, 0.3) is 0 Å². The van der Waals surface area contributed by atoms with Gasteiger partial charge in [0.2, 0.25) is 0 Å². The third-order valence-corrected chi connectivity index (χ3v) is 2.60. The fourth-order valence-electron chi connectivity index (χ4n) is 1.00. The van der Waals surface area contributed by atoms with Gasteiger partial charge in [-0.15, -0.1) is 0 Å². The van der Waals surface area contributed by atoms with Crippen molar-refractivity contribution in [2.45, 2.75) is 0 Å². The summed E-state index contributed by atoms with van der Waals surface area (Å²) in [5.41, 5.74) is 0. The van der Waals surface area contributed by atoms with E-state index in [1.165, 1.54) is 30.3 Å². The van der Waals surface area contributed by atoms with Crippen molar-refractivity contribution in [1.82, 2.24) is 0 Å². The maximum Gasteiger partial charge on any atom is 0.133 e. The van der Waals surface area contributed by atoms with Gasteiger partial charge in [-0.25, -0.2) is 0 Å². The van der Waals surface area contributed by atoms with Crippen LogP contribution in [0.2, 0.25) is 0 Å². The molecule has 0 bridgehead atoms. The minimum Gasteiger partial charge on any atom is -0.508 e. The summed E-state index contributed by atoms with van der Waals surface area (Å²) in [6.45, 7) is 0. The first-order chi connectivity index (χ1) is 8.00. The fourth-order valence-corrected chi connectivity index (χ4v) is 1.27. The molecule has 0 heterocycles. The van der Waals surface area contributed by atoms with Crippen molar-refractivity contribution in [1.29, 1.82) is 0 Å². The smallest absolute Gasteiger partial charge is 0.133 e. The first kappa shape index (κ1) is 13.2. The zero-order chi connectivity index (χ0) is 12.8. The van der Waals surface area contributed by atoms with Crippen LogP contribution in [0.5, 0.6) is 23.0 Å². The van der Waals surface area contributed by atoms with Crippen molar-refractivity contribution >= 4 is 15.9 Å². The van der Waals surface area contributed by atoms with Crippen LogP contribution in [0.3, 0.4) is 0 Å². The Balaban J connectivity index is 0.000000171. The van der Waals surface area contributed by atoms with E-state index < -0.39 is 0 Å². The summed E-state index contributed by atoms with van der Waals surface area (Å²) in [5.74, 6) is 0.278. The second kappa shape index (κ2) is 6.00. The average molecular weight is 299 g/mol.